The predicted octanol–water partition coefficient (Wildman–Crippen LogP) is 9.30. The molecule has 0 spiro atoms. The maximum Gasteiger partial charge on any atom is 0.187 e. The fraction of sp³-hybridized carbons (Fsp3) is 0. The fourth-order valence-corrected chi connectivity index (χ4v) is 4.16. The van der Waals surface area contributed by atoms with Crippen molar-refractivity contribution >= 4 is 34.4 Å². The van der Waals surface area contributed by atoms with Gasteiger partial charge < -0.3 is 4.90 Å². The highest BCUT2D eigenvalue weighted by Crippen LogP contribution is 2.35. The molecule has 2 heteroatoms. The normalized spacial score (nSPS) is 10.3. The molecule has 5 aromatic rings. The van der Waals surface area contributed by atoms with Crippen molar-refractivity contribution in [2.75, 3.05) is 4.90 Å². The number of hydrogen-bond acceptors (Lipinski definition) is 1. The van der Waals surface area contributed by atoms with Crippen LogP contribution in [0.5, 0.6) is 0 Å². The van der Waals surface area contributed by atoms with Gasteiger partial charge in [0, 0.05) is 17.1 Å². The SMILES string of the molecule is [C-]#[N+]c1ccc(N(c2ccccc2)c2ccc(C=C(c3ccccc3)c3ccccc3)cc2)cc1. The number of para-hydroxylation sites is 1. The minimum Gasteiger partial charge on any atom is -0.311 e. The molecule has 0 aromatic heterocycles. The predicted molar refractivity (Wildman–Crippen MR) is 147 cm³/mol. The van der Waals surface area contributed by atoms with E-state index in [1.807, 2.05) is 54.6 Å². The van der Waals surface area contributed by atoms with Gasteiger partial charge in [0.1, 0.15) is 0 Å². The Morgan fingerprint density at radius 2 is 0.943 bits per heavy atom. The van der Waals surface area contributed by atoms with Crippen LogP contribution in [0.1, 0.15) is 16.7 Å². The van der Waals surface area contributed by atoms with E-state index in [1.54, 1.807) is 0 Å². The van der Waals surface area contributed by atoms with Crippen LogP contribution in [0.3, 0.4) is 0 Å². The second-order valence-electron chi connectivity index (χ2n) is 8.18. The molecular weight excluding hydrogens is 424 g/mol. The molecule has 0 saturated heterocycles. The first-order valence-electron chi connectivity index (χ1n) is 11.6. The minimum absolute atomic E-state index is 0.636. The highest BCUT2D eigenvalue weighted by molar-refractivity contribution is 5.91. The summed E-state index contributed by atoms with van der Waals surface area (Å²) >= 11 is 0. The van der Waals surface area contributed by atoms with Gasteiger partial charge in [0.25, 0.3) is 0 Å². The Balaban J connectivity index is 1.54. The van der Waals surface area contributed by atoms with E-state index in [0.29, 0.717) is 5.69 Å². The molecule has 0 unspecified atom stereocenters. The molecule has 5 rings (SSSR count). The van der Waals surface area contributed by atoms with E-state index >= 15 is 0 Å². The average molecular weight is 449 g/mol. The number of rotatable bonds is 6. The van der Waals surface area contributed by atoms with Crippen LogP contribution in [0.15, 0.2) is 140 Å². The lowest BCUT2D eigenvalue weighted by Gasteiger charge is -2.25. The molecule has 35 heavy (non-hydrogen) atoms. The Kier molecular flexibility index (Phi) is 6.51. The van der Waals surface area contributed by atoms with Crippen molar-refractivity contribution in [3.05, 3.63) is 168 Å². The molecule has 0 N–H and O–H groups in total. The summed E-state index contributed by atoms with van der Waals surface area (Å²) in [6.07, 6.45) is 2.24. The van der Waals surface area contributed by atoms with E-state index in [1.165, 1.54) is 16.7 Å². The smallest absolute Gasteiger partial charge is 0.187 e. The Morgan fingerprint density at radius 1 is 0.514 bits per heavy atom. The van der Waals surface area contributed by atoms with Crippen molar-refractivity contribution in [3.63, 3.8) is 0 Å². The van der Waals surface area contributed by atoms with Gasteiger partial charge in [-0.05, 0) is 64.7 Å². The van der Waals surface area contributed by atoms with Crippen molar-refractivity contribution in [2.45, 2.75) is 0 Å². The van der Waals surface area contributed by atoms with Gasteiger partial charge in [0.15, 0.2) is 5.69 Å². The molecule has 0 atom stereocenters. The van der Waals surface area contributed by atoms with Gasteiger partial charge in [-0.2, -0.15) is 0 Å². The number of hydrogen-bond donors (Lipinski definition) is 0. The standard InChI is InChI=1S/C33H24N2/c1-34-29-19-23-32(24-20-29)35(30-15-9-4-10-16-30)31-21-17-26(18-22-31)25-33(27-11-5-2-6-12-27)28-13-7-3-8-14-28/h2-25H. The summed E-state index contributed by atoms with van der Waals surface area (Å²) in [6.45, 7) is 7.26. The van der Waals surface area contributed by atoms with Crippen LogP contribution >= 0.6 is 0 Å². The van der Waals surface area contributed by atoms with Crippen LogP contribution in [0.25, 0.3) is 16.5 Å². The highest BCUT2D eigenvalue weighted by Gasteiger charge is 2.12. The Morgan fingerprint density at radius 3 is 1.43 bits per heavy atom. The molecule has 0 heterocycles. The summed E-state index contributed by atoms with van der Waals surface area (Å²) in [4.78, 5) is 5.74. The van der Waals surface area contributed by atoms with Crippen molar-refractivity contribution in [1.82, 2.24) is 0 Å². The molecule has 166 valence electrons. The number of anilines is 3. The van der Waals surface area contributed by atoms with Crippen LogP contribution in [-0.2, 0) is 0 Å². The molecule has 2 nitrogen and oxygen atoms in total. The zero-order chi connectivity index (χ0) is 23.9. The Hall–Kier alpha value is -4.87. The third kappa shape index (κ3) is 5.05. The van der Waals surface area contributed by atoms with Gasteiger partial charge in [-0.1, -0.05) is 103 Å². The Labute approximate surface area is 206 Å². The lowest BCUT2D eigenvalue weighted by Crippen LogP contribution is -2.09. The van der Waals surface area contributed by atoms with E-state index in [9.17, 15) is 0 Å². The van der Waals surface area contributed by atoms with E-state index in [4.69, 9.17) is 6.57 Å². The maximum atomic E-state index is 7.26. The first-order chi connectivity index (χ1) is 17.3. The summed E-state index contributed by atoms with van der Waals surface area (Å²) in [5.74, 6) is 0. The maximum absolute atomic E-state index is 7.26. The molecule has 0 saturated carbocycles. The summed E-state index contributed by atoms with van der Waals surface area (Å²) in [6, 6.07) is 47.6. The van der Waals surface area contributed by atoms with E-state index in [2.05, 4.69) is 101 Å². The van der Waals surface area contributed by atoms with Crippen LogP contribution in [0.4, 0.5) is 22.7 Å². The molecule has 5 aromatic carbocycles. The van der Waals surface area contributed by atoms with Crippen LogP contribution < -0.4 is 4.90 Å². The summed E-state index contributed by atoms with van der Waals surface area (Å²) in [5, 5.41) is 0. The number of nitrogens with zero attached hydrogens (tertiary/aromatic N) is 2. The van der Waals surface area contributed by atoms with Crippen LogP contribution in [0.2, 0.25) is 0 Å². The zero-order valence-corrected chi connectivity index (χ0v) is 19.3. The zero-order valence-electron chi connectivity index (χ0n) is 19.3. The summed E-state index contributed by atoms with van der Waals surface area (Å²) in [7, 11) is 0. The van der Waals surface area contributed by atoms with Crippen molar-refractivity contribution in [3.8, 4) is 0 Å². The van der Waals surface area contributed by atoms with Crippen LogP contribution in [-0.4, -0.2) is 0 Å². The van der Waals surface area contributed by atoms with Gasteiger partial charge in [-0.25, -0.2) is 4.85 Å². The first-order valence-corrected chi connectivity index (χ1v) is 11.6. The van der Waals surface area contributed by atoms with Gasteiger partial charge >= 0.3 is 0 Å². The fourth-order valence-electron chi connectivity index (χ4n) is 4.16. The molecule has 0 radical (unpaired) electrons. The molecule has 0 amide bonds. The first kappa shape index (κ1) is 21.9. The third-order valence-corrected chi connectivity index (χ3v) is 5.88. The lowest BCUT2D eigenvalue weighted by molar-refractivity contribution is 1.28. The van der Waals surface area contributed by atoms with Crippen molar-refractivity contribution in [2.24, 2.45) is 0 Å². The topological polar surface area (TPSA) is 7.60 Å². The largest absolute Gasteiger partial charge is 0.311 e. The Bertz CT molecular complexity index is 1400. The summed E-state index contributed by atoms with van der Waals surface area (Å²) in [5.41, 5.74) is 8.48. The molecule has 0 aliphatic heterocycles. The van der Waals surface area contributed by atoms with E-state index < -0.39 is 0 Å². The molecule has 0 aliphatic carbocycles. The molecule has 0 bridgehead atoms. The quantitative estimate of drug-likeness (QED) is 0.185. The summed E-state index contributed by atoms with van der Waals surface area (Å²) < 4.78 is 0. The second kappa shape index (κ2) is 10.4. The second-order valence-corrected chi connectivity index (χ2v) is 8.18. The molecular formula is C33H24N2. The van der Waals surface area contributed by atoms with Gasteiger partial charge in [-0.15, -0.1) is 0 Å². The van der Waals surface area contributed by atoms with Gasteiger partial charge in [0.05, 0.1) is 6.57 Å². The monoisotopic (exact) mass is 448 g/mol. The average Bonchev–Trinajstić information content (AvgIpc) is 2.94. The lowest BCUT2D eigenvalue weighted by atomic mass is 9.95. The van der Waals surface area contributed by atoms with Gasteiger partial charge in [-0.3, -0.25) is 0 Å². The molecule has 0 fully saturated rings. The highest BCUT2D eigenvalue weighted by atomic mass is 15.1. The van der Waals surface area contributed by atoms with Crippen LogP contribution in [0, 0.1) is 6.57 Å². The van der Waals surface area contributed by atoms with Gasteiger partial charge in [0.2, 0.25) is 0 Å². The number of benzene rings is 5. The molecule has 0 aliphatic rings. The van der Waals surface area contributed by atoms with Crippen molar-refractivity contribution < 1.29 is 0 Å². The van der Waals surface area contributed by atoms with Crippen molar-refractivity contribution in [1.29, 1.82) is 0 Å². The van der Waals surface area contributed by atoms with E-state index in [0.717, 1.165) is 22.6 Å². The third-order valence-electron chi connectivity index (χ3n) is 5.88. The minimum atomic E-state index is 0.636. The van der Waals surface area contributed by atoms with E-state index in [-0.39, 0.29) is 0 Å².